The average Bonchev–Trinajstić information content (AvgIpc) is 2.38. The maximum absolute atomic E-state index is 11.8. The van der Waals surface area contributed by atoms with Crippen molar-refractivity contribution in [2.75, 3.05) is 13.6 Å². The Bertz CT molecular complexity index is 296. The highest BCUT2D eigenvalue weighted by atomic mass is 16.1. The van der Waals surface area contributed by atoms with Gasteiger partial charge in [0, 0.05) is 32.1 Å². The van der Waals surface area contributed by atoms with Gasteiger partial charge in [0.2, 0.25) is 5.91 Å². The fraction of sp³-hybridized carbons (Fsp3) is 0.857. The second-order valence-corrected chi connectivity index (χ2v) is 5.45. The maximum atomic E-state index is 11.8. The van der Waals surface area contributed by atoms with E-state index in [0.717, 1.165) is 18.8 Å². The molecule has 19 heavy (non-hydrogen) atoms. The van der Waals surface area contributed by atoms with E-state index in [-0.39, 0.29) is 5.91 Å². The van der Waals surface area contributed by atoms with Gasteiger partial charge in [0.25, 0.3) is 0 Å². The molecule has 0 heterocycles. The highest BCUT2D eigenvalue weighted by molar-refractivity contribution is 5.81. The van der Waals surface area contributed by atoms with Gasteiger partial charge in [0.15, 0.2) is 5.96 Å². The molecule has 1 fully saturated rings. The molecule has 5 nitrogen and oxygen atoms in total. The topological polar surface area (TPSA) is 65.5 Å². The van der Waals surface area contributed by atoms with Crippen LogP contribution in [0.5, 0.6) is 0 Å². The second kappa shape index (κ2) is 8.77. The molecule has 1 rings (SSSR count). The van der Waals surface area contributed by atoms with Crippen LogP contribution in [-0.4, -0.2) is 37.5 Å². The maximum Gasteiger partial charge on any atom is 0.221 e. The van der Waals surface area contributed by atoms with Crippen molar-refractivity contribution in [3.63, 3.8) is 0 Å². The lowest BCUT2D eigenvalue weighted by Gasteiger charge is -2.22. The van der Waals surface area contributed by atoms with Gasteiger partial charge in [-0.2, -0.15) is 0 Å². The molecule has 0 unspecified atom stereocenters. The lowest BCUT2D eigenvalue weighted by molar-refractivity contribution is -0.121. The van der Waals surface area contributed by atoms with E-state index in [9.17, 15) is 4.79 Å². The van der Waals surface area contributed by atoms with Crippen LogP contribution in [-0.2, 0) is 4.79 Å². The standard InChI is InChI=1S/C14H28N4O/c1-11(2)17-14(15-3)16-10-9-13(19)18-12-7-5-4-6-8-12/h11-12H,4-10H2,1-3H3,(H,18,19)(H2,15,16,17). The monoisotopic (exact) mass is 268 g/mol. The number of rotatable bonds is 5. The van der Waals surface area contributed by atoms with Gasteiger partial charge in [-0.3, -0.25) is 9.79 Å². The molecule has 0 aromatic carbocycles. The highest BCUT2D eigenvalue weighted by Crippen LogP contribution is 2.17. The minimum absolute atomic E-state index is 0.138. The Morgan fingerprint density at radius 3 is 2.53 bits per heavy atom. The van der Waals surface area contributed by atoms with Crippen molar-refractivity contribution in [3.8, 4) is 0 Å². The largest absolute Gasteiger partial charge is 0.356 e. The molecule has 1 saturated carbocycles. The first-order chi connectivity index (χ1) is 9.11. The third-order valence-corrected chi connectivity index (χ3v) is 3.26. The van der Waals surface area contributed by atoms with E-state index in [0.29, 0.717) is 25.0 Å². The number of nitrogens with one attached hydrogen (secondary N) is 3. The second-order valence-electron chi connectivity index (χ2n) is 5.45. The number of amides is 1. The molecule has 0 saturated heterocycles. The van der Waals surface area contributed by atoms with Crippen LogP contribution < -0.4 is 16.0 Å². The third kappa shape index (κ3) is 7.03. The molecule has 0 spiro atoms. The van der Waals surface area contributed by atoms with Crippen molar-refractivity contribution in [1.82, 2.24) is 16.0 Å². The van der Waals surface area contributed by atoms with Gasteiger partial charge in [-0.1, -0.05) is 19.3 Å². The zero-order valence-electron chi connectivity index (χ0n) is 12.5. The fourth-order valence-corrected chi connectivity index (χ4v) is 2.31. The Kier molecular flexibility index (Phi) is 7.30. The smallest absolute Gasteiger partial charge is 0.221 e. The van der Waals surface area contributed by atoms with E-state index < -0.39 is 0 Å². The van der Waals surface area contributed by atoms with Crippen LogP contribution in [0.25, 0.3) is 0 Å². The van der Waals surface area contributed by atoms with Crippen molar-refractivity contribution in [2.45, 2.75) is 64.5 Å². The molecule has 110 valence electrons. The number of guanidine groups is 1. The highest BCUT2D eigenvalue weighted by Gasteiger charge is 2.15. The van der Waals surface area contributed by atoms with Gasteiger partial charge in [-0.25, -0.2) is 0 Å². The van der Waals surface area contributed by atoms with Crippen LogP contribution in [0.1, 0.15) is 52.4 Å². The molecule has 1 aliphatic rings. The molecule has 0 radical (unpaired) electrons. The van der Waals surface area contributed by atoms with Gasteiger partial charge < -0.3 is 16.0 Å². The van der Waals surface area contributed by atoms with Crippen LogP contribution >= 0.6 is 0 Å². The van der Waals surface area contributed by atoms with Crippen molar-refractivity contribution >= 4 is 11.9 Å². The molecule has 1 aliphatic carbocycles. The summed E-state index contributed by atoms with van der Waals surface area (Å²) in [5.41, 5.74) is 0. The van der Waals surface area contributed by atoms with Crippen LogP contribution in [0.2, 0.25) is 0 Å². The van der Waals surface area contributed by atoms with Gasteiger partial charge in [-0.15, -0.1) is 0 Å². The number of nitrogens with zero attached hydrogens (tertiary/aromatic N) is 1. The van der Waals surface area contributed by atoms with E-state index in [2.05, 4.69) is 34.8 Å². The van der Waals surface area contributed by atoms with Crippen LogP contribution in [0, 0.1) is 0 Å². The van der Waals surface area contributed by atoms with E-state index >= 15 is 0 Å². The van der Waals surface area contributed by atoms with Crippen molar-refractivity contribution in [2.24, 2.45) is 4.99 Å². The Morgan fingerprint density at radius 1 is 1.26 bits per heavy atom. The van der Waals surface area contributed by atoms with E-state index in [1.807, 2.05) is 0 Å². The molecule has 1 amide bonds. The number of aliphatic imine (C=N–C) groups is 1. The molecule has 0 aromatic heterocycles. The zero-order chi connectivity index (χ0) is 14.1. The molecular formula is C14H28N4O. The summed E-state index contributed by atoms with van der Waals surface area (Å²) in [5.74, 6) is 0.889. The summed E-state index contributed by atoms with van der Waals surface area (Å²) in [7, 11) is 1.74. The van der Waals surface area contributed by atoms with Crippen LogP contribution in [0.15, 0.2) is 4.99 Å². The summed E-state index contributed by atoms with van der Waals surface area (Å²) in [6, 6.07) is 0.733. The number of carbonyl (C=O) groups is 1. The van der Waals surface area contributed by atoms with Gasteiger partial charge >= 0.3 is 0 Å². The molecule has 0 atom stereocenters. The van der Waals surface area contributed by atoms with Crippen LogP contribution in [0.3, 0.4) is 0 Å². The molecule has 5 heteroatoms. The van der Waals surface area contributed by atoms with Crippen molar-refractivity contribution in [3.05, 3.63) is 0 Å². The Labute approximate surface area is 116 Å². The molecule has 0 bridgehead atoms. The fourth-order valence-electron chi connectivity index (χ4n) is 2.31. The number of hydrogen-bond donors (Lipinski definition) is 3. The Hall–Kier alpha value is -1.26. The van der Waals surface area contributed by atoms with Crippen LogP contribution in [0.4, 0.5) is 0 Å². The molecular weight excluding hydrogens is 240 g/mol. The molecule has 0 aliphatic heterocycles. The Morgan fingerprint density at radius 2 is 1.95 bits per heavy atom. The SMILES string of the molecule is CN=C(NCCC(=O)NC1CCCCC1)NC(C)C. The summed E-state index contributed by atoms with van der Waals surface area (Å²) in [4.78, 5) is 15.9. The predicted octanol–water partition coefficient (Wildman–Crippen LogP) is 1.40. The lowest BCUT2D eigenvalue weighted by Crippen LogP contribution is -2.43. The summed E-state index contributed by atoms with van der Waals surface area (Å²) in [6.45, 7) is 4.73. The summed E-state index contributed by atoms with van der Waals surface area (Å²) >= 11 is 0. The first-order valence-corrected chi connectivity index (χ1v) is 7.38. The molecule has 3 N–H and O–H groups in total. The number of carbonyl (C=O) groups excluding carboxylic acids is 1. The first-order valence-electron chi connectivity index (χ1n) is 7.38. The lowest BCUT2D eigenvalue weighted by atomic mass is 9.95. The first kappa shape index (κ1) is 15.8. The predicted molar refractivity (Wildman–Crippen MR) is 79.3 cm³/mol. The quantitative estimate of drug-likeness (QED) is 0.521. The molecule has 0 aromatic rings. The third-order valence-electron chi connectivity index (χ3n) is 3.26. The minimum Gasteiger partial charge on any atom is -0.356 e. The van der Waals surface area contributed by atoms with Crippen molar-refractivity contribution < 1.29 is 4.79 Å². The van der Waals surface area contributed by atoms with Gasteiger partial charge in [0.1, 0.15) is 0 Å². The Balaban J connectivity index is 2.15. The minimum atomic E-state index is 0.138. The van der Waals surface area contributed by atoms with E-state index in [4.69, 9.17) is 0 Å². The average molecular weight is 268 g/mol. The van der Waals surface area contributed by atoms with Crippen molar-refractivity contribution in [1.29, 1.82) is 0 Å². The normalized spacial score (nSPS) is 17.4. The zero-order valence-corrected chi connectivity index (χ0v) is 12.5. The van der Waals surface area contributed by atoms with Gasteiger partial charge in [0.05, 0.1) is 0 Å². The summed E-state index contributed by atoms with van der Waals surface area (Å²) in [5, 5.41) is 9.45. The number of hydrogen-bond acceptors (Lipinski definition) is 2. The summed E-state index contributed by atoms with van der Waals surface area (Å²) in [6.07, 6.45) is 6.56. The van der Waals surface area contributed by atoms with E-state index in [1.54, 1.807) is 7.05 Å². The van der Waals surface area contributed by atoms with Gasteiger partial charge in [-0.05, 0) is 26.7 Å². The summed E-state index contributed by atoms with van der Waals surface area (Å²) < 4.78 is 0. The van der Waals surface area contributed by atoms with E-state index in [1.165, 1.54) is 19.3 Å².